The average molecular weight is 1420 g/mol. The first-order chi connectivity index (χ1) is 44.0. The first-order valence-corrected chi connectivity index (χ1v) is 28.9. The normalized spacial score (nSPS) is 11.4. The predicted octanol–water partition coefficient (Wildman–Crippen LogP) is 15.0. The molecule has 0 saturated carbocycles. The van der Waals surface area contributed by atoms with E-state index in [1.165, 1.54) is 121 Å². The van der Waals surface area contributed by atoms with Crippen LogP contribution in [0.5, 0.6) is 5.75 Å². The van der Waals surface area contributed by atoms with Gasteiger partial charge in [0.25, 0.3) is 12.1 Å². The van der Waals surface area contributed by atoms with Crippen molar-refractivity contribution in [1.82, 2.24) is 25.4 Å². The van der Waals surface area contributed by atoms with Crippen molar-refractivity contribution < 1.29 is 92.0 Å². The van der Waals surface area contributed by atoms with Crippen molar-refractivity contribution in [3.8, 4) is 28.3 Å². The van der Waals surface area contributed by atoms with Crippen molar-refractivity contribution in [2.45, 2.75) is 96.3 Å². The van der Waals surface area contributed by atoms with Gasteiger partial charge in [0, 0.05) is 68.9 Å². The number of anilines is 2. The molecular formula is C62H68Cl2F8N8O13S2. The molecule has 21 nitrogen and oxygen atoms in total. The van der Waals surface area contributed by atoms with Gasteiger partial charge in [0.05, 0.1) is 40.0 Å². The number of hydrogen-bond donors (Lipinski definition) is 3. The zero-order valence-corrected chi connectivity index (χ0v) is 55.0. The van der Waals surface area contributed by atoms with E-state index in [1.807, 2.05) is 0 Å². The lowest BCUT2D eigenvalue weighted by Gasteiger charge is -2.30. The first-order valence-electron chi connectivity index (χ1n) is 28.2. The fourth-order valence-electron chi connectivity index (χ4n) is 8.06. The Kier molecular flexibility index (Phi) is 33.9. The Hall–Kier alpha value is -8.65. The Balaban J connectivity index is 0.000000380. The first kappa shape index (κ1) is 80.6. The number of amides is 4. The summed E-state index contributed by atoms with van der Waals surface area (Å²) >= 11 is 11.7. The van der Waals surface area contributed by atoms with Crippen molar-refractivity contribution in [2.75, 3.05) is 51.0 Å². The molecule has 2 aromatic heterocycles. The van der Waals surface area contributed by atoms with E-state index in [0.717, 1.165) is 0 Å². The summed E-state index contributed by atoms with van der Waals surface area (Å²) in [6, 6.07) is 26.4. The van der Waals surface area contributed by atoms with Gasteiger partial charge in [-0.25, -0.2) is 49.5 Å². The van der Waals surface area contributed by atoms with Crippen molar-refractivity contribution >= 4 is 97.8 Å². The predicted molar refractivity (Wildman–Crippen MR) is 346 cm³/mol. The Morgan fingerprint density at radius 1 is 0.632 bits per heavy atom. The van der Waals surface area contributed by atoms with Crippen molar-refractivity contribution in [3.63, 3.8) is 0 Å². The van der Waals surface area contributed by atoms with E-state index in [1.54, 1.807) is 45.0 Å². The Labute approximate surface area is 564 Å². The number of rotatable bonds is 26. The number of nitro benzene ring substituents is 1. The number of nitrogens with one attached hydrogen (secondary N) is 3. The number of halogens is 10. The summed E-state index contributed by atoms with van der Waals surface area (Å²) in [6.45, 7) is 3.79. The zero-order chi connectivity index (χ0) is 68.4. The lowest BCUT2D eigenvalue weighted by atomic mass is 10.1. The lowest BCUT2D eigenvalue weighted by Crippen LogP contribution is -2.47. The standard InChI is InChI=1S/C25H25ClF4N4O4.C22H28F3N3O5.C15H11ClFNO4.2H2S/c1-34(23(35)9-8-15-4-3-7-19(28)24(15)26)18(12-31-13-21(29)30)14-37-25(36)32-22-11-20(33-38-22)16-5-2-6-17(27)10-16;1-22(2,3)32-21(30)28(4)16(9-6-10-18(24)25)13-31-20(29)26-19-12-17(27-33-19)14-7-5-8-15(23)11-14;16-15-10(2-1-3-13(15)17)4-9-14(19)22-12-7-5-11(6-8-12)18(20)21;;/h2-7,10-11,18,21,31H,8-9,12-14H2,1H3,(H,32,36);5,7-8,11-12,16,18H,6,9-10,13H2,1-4H3,(H,26,29);1-3,5-8H,4,9H2;2*1H2/t18-;16-;;;/m00.../s1. The molecule has 3 N–H and O–H groups in total. The van der Waals surface area contributed by atoms with Crippen LogP contribution in [-0.4, -0.2) is 126 Å². The number of nitrogens with zero attached hydrogens (tertiary/aromatic N) is 5. The second-order valence-electron chi connectivity index (χ2n) is 21.0. The quantitative estimate of drug-likeness (QED) is 0.0114. The van der Waals surface area contributed by atoms with Crippen LogP contribution in [0.2, 0.25) is 10.0 Å². The van der Waals surface area contributed by atoms with Gasteiger partial charge in [-0.2, -0.15) is 27.0 Å². The number of alkyl halides is 4. The Morgan fingerprint density at radius 2 is 1.12 bits per heavy atom. The molecule has 7 aromatic rings. The molecule has 0 fully saturated rings. The van der Waals surface area contributed by atoms with Crippen LogP contribution in [0.1, 0.15) is 64.0 Å². The highest BCUT2D eigenvalue weighted by Gasteiger charge is 2.28. The monoisotopic (exact) mass is 1420 g/mol. The van der Waals surface area contributed by atoms with Gasteiger partial charge in [0.2, 0.25) is 24.1 Å². The fraction of sp³-hybridized carbons (Fsp3) is 0.339. The maximum absolute atomic E-state index is 13.7. The summed E-state index contributed by atoms with van der Waals surface area (Å²) in [6.07, 6.45) is -7.27. The molecule has 0 unspecified atom stereocenters. The zero-order valence-electron chi connectivity index (χ0n) is 51.5. The maximum atomic E-state index is 13.7. The summed E-state index contributed by atoms with van der Waals surface area (Å²) in [7, 11) is 2.89. The third kappa shape index (κ3) is 28.5. The van der Waals surface area contributed by atoms with Crippen LogP contribution in [0.25, 0.3) is 22.5 Å². The molecule has 0 bridgehead atoms. The lowest BCUT2D eigenvalue weighted by molar-refractivity contribution is -0.384. The number of non-ortho nitro benzene ring substituents is 1. The van der Waals surface area contributed by atoms with Gasteiger partial charge < -0.3 is 43.1 Å². The SMILES string of the molecule is CN(C(=O)CCc1cccc(F)c1Cl)[C@@H](CNCC(F)F)COC(=O)Nc1cc(-c2cccc(F)c2)no1.CN(C(=O)OC(C)(C)C)[C@@H](CCCC(F)F)COC(=O)Nc1cc(-c2cccc(F)c2)no1.O=C(CCc1cccc(F)c1Cl)Oc1ccc([N+](=O)[O-])cc1.S.S. The van der Waals surface area contributed by atoms with E-state index in [0.29, 0.717) is 27.9 Å². The molecule has 0 saturated heterocycles. The van der Waals surface area contributed by atoms with Crippen LogP contribution in [0.4, 0.5) is 67.0 Å². The molecule has 0 spiro atoms. The minimum absolute atomic E-state index is 0. The highest BCUT2D eigenvalue weighted by Crippen LogP contribution is 2.27. The van der Waals surface area contributed by atoms with Gasteiger partial charge in [0.15, 0.2) is 0 Å². The van der Waals surface area contributed by atoms with Crippen LogP contribution >= 0.6 is 50.2 Å². The smallest absolute Gasteiger partial charge is 0.414 e. The van der Waals surface area contributed by atoms with Crippen molar-refractivity contribution in [1.29, 1.82) is 0 Å². The molecule has 4 amide bonds. The number of ether oxygens (including phenoxy) is 4. The van der Waals surface area contributed by atoms with Crippen LogP contribution < -0.4 is 20.7 Å². The third-order valence-corrected chi connectivity index (χ3v) is 13.7. The van der Waals surface area contributed by atoms with Crippen molar-refractivity contribution in [2.24, 2.45) is 0 Å². The number of hydrogen-bond acceptors (Lipinski definition) is 16. The molecule has 516 valence electrons. The second-order valence-corrected chi connectivity index (χ2v) is 21.8. The number of nitro groups is 1. The van der Waals surface area contributed by atoms with Crippen LogP contribution in [0.15, 0.2) is 130 Å². The minimum atomic E-state index is -2.62. The van der Waals surface area contributed by atoms with Gasteiger partial charge in [-0.15, -0.1) is 0 Å². The number of esters is 1. The molecular weight excluding hydrogens is 1350 g/mol. The summed E-state index contributed by atoms with van der Waals surface area (Å²) in [4.78, 5) is 73.7. The second kappa shape index (κ2) is 39.9. The molecule has 0 aliphatic carbocycles. The molecule has 2 heterocycles. The maximum Gasteiger partial charge on any atom is 0.414 e. The van der Waals surface area contributed by atoms with Crippen LogP contribution in [0, 0.1) is 33.4 Å². The van der Waals surface area contributed by atoms with E-state index >= 15 is 0 Å². The van der Waals surface area contributed by atoms with E-state index in [9.17, 15) is 69.2 Å². The molecule has 5 aromatic carbocycles. The Bertz CT molecular complexity index is 3620. The van der Waals surface area contributed by atoms with Gasteiger partial charge in [-0.1, -0.05) is 82.0 Å². The van der Waals surface area contributed by atoms with Crippen LogP contribution in [0.3, 0.4) is 0 Å². The number of likely N-dealkylation sites (N-methyl/N-ethyl adjacent to an activating group) is 2. The van der Waals surface area contributed by atoms with Gasteiger partial charge in [0.1, 0.15) is 59.2 Å². The Morgan fingerprint density at radius 3 is 1.58 bits per heavy atom. The third-order valence-electron chi connectivity index (χ3n) is 12.9. The number of aromatic nitrogens is 2. The summed E-state index contributed by atoms with van der Waals surface area (Å²) in [5, 5.41) is 25.1. The highest BCUT2D eigenvalue weighted by atomic mass is 35.5. The van der Waals surface area contributed by atoms with Gasteiger partial charge in [-0.3, -0.25) is 30.3 Å². The molecule has 33 heteroatoms. The van der Waals surface area contributed by atoms with Crippen molar-refractivity contribution in [3.05, 3.63) is 176 Å². The molecule has 95 heavy (non-hydrogen) atoms. The van der Waals surface area contributed by atoms with E-state index in [4.69, 9.17) is 51.2 Å². The van der Waals surface area contributed by atoms with E-state index in [-0.39, 0.29) is 131 Å². The average Bonchev–Trinajstić information content (AvgIpc) is 1.92. The van der Waals surface area contributed by atoms with Crippen LogP contribution in [-0.2, 0) is 36.6 Å². The number of carbonyl (C=O) groups is 5. The number of carbonyl (C=O) groups excluding carboxylic acids is 5. The molecule has 2 atom stereocenters. The fourth-order valence-corrected chi connectivity index (χ4v) is 8.50. The molecule has 0 aliphatic heterocycles. The summed E-state index contributed by atoms with van der Waals surface area (Å²) < 4.78 is 135. The summed E-state index contributed by atoms with van der Waals surface area (Å²) in [5.74, 6) is -2.88. The van der Waals surface area contributed by atoms with E-state index < -0.39 is 95.4 Å². The topological polar surface area (TPSA) is 260 Å². The van der Waals surface area contributed by atoms with Gasteiger partial charge in [-0.05, 0) is 106 Å². The minimum Gasteiger partial charge on any atom is -0.447 e. The molecule has 0 radical (unpaired) electrons. The summed E-state index contributed by atoms with van der Waals surface area (Å²) in [5.41, 5.74) is 1.59. The number of benzene rings is 5. The largest absolute Gasteiger partial charge is 0.447 e. The molecule has 7 rings (SSSR count). The molecule has 0 aliphatic rings. The van der Waals surface area contributed by atoms with E-state index in [2.05, 4.69) is 26.3 Å². The number of aryl methyl sites for hydroxylation is 2. The highest BCUT2D eigenvalue weighted by molar-refractivity contribution is 7.59. The van der Waals surface area contributed by atoms with Gasteiger partial charge >= 0.3 is 24.2 Å².